The molecule has 0 bridgehead atoms. The molecule has 11 heteroatoms. The molecule has 0 fully saturated rings. The maximum absolute atomic E-state index is 12.3. The van der Waals surface area contributed by atoms with Crippen molar-refractivity contribution in [2.24, 2.45) is 0 Å². The van der Waals surface area contributed by atoms with Crippen molar-refractivity contribution >= 4 is 21.4 Å². The van der Waals surface area contributed by atoms with E-state index in [1.54, 1.807) is 10.9 Å². The van der Waals surface area contributed by atoms with Gasteiger partial charge in [-0.05, 0) is 43.3 Å². The van der Waals surface area contributed by atoms with E-state index in [-0.39, 0.29) is 16.6 Å². The number of hydrogen-bond donors (Lipinski definition) is 1. The van der Waals surface area contributed by atoms with E-state index in [0.717, 1.165) is 17.5 Å². The van der Waals surface area contributed by atoms with Crippen molar-refractivity contribution in [3.8, 4) is 17.2 Å². The van der Waals surface area contributed by atoms with E-state index >= 15 is 0 Å². The number of aromatic nitrogens is 5. The summed E-state index contributed by atoms with van der Waals surface area (Å²) in [6.07, 6.45) is 2.73. The van der Waals surface area contributed by atoms with E-state index in [9.17, 15) is 13.2 Å². The largest absolute Gasteiger partial charge is 0.328 e. The molecule has 0 aliphatic heterocycles. The molecule has 30 heavy (non-hydrogen) atoms. The number of hydrogen-bond acceptors (Lipinski definition) is 8. The lowest BCUT2D eigenvalue weighted by Gasteiger charge is -2.03. The molecule has 0 saturated carbocycles. The summed E-state index contributed by atoms with van der Waals surface area (Å²) in [7, 11) is -3.32. The highest BCUT2D eigenvalue weighted by atomic mass is 32.2. The van der Waals surface area contributed by atoms with Crippen LogP contribution < -0.4 is 5.32 Å². The molecule has 1 N–H and O–H groups in total. The van der Waals surface area contributed by atoms with E-state index in [1.165, 1.54) is 24.3 Å². The lowest BCUT2D eigenvalue weighted by molar-refractivity contribution is 0.0981. The number of amides is 1. The van der Waals surface area contributed by atoms with Gasteiger partial charge < -0.3 is 9.84 Å². The molecule has 0 radical (unpaired) electrons. The Hall–Kier alpha value is -3.86. The van der Waals surface area contributed by atoms with Crippen molar-refractivity contribution in [3.05, 3.63) is 66.2 Å². The standard InChI is InChI=1S/C19H16N6O4S/c1-12-3-7-14(8-4-12)25-11-16(22-24-25)17-21-19(29-23-17)18(26)20-13-5-9-15(10-6-13)30(2,27)28/h3-11H,1-2H3,(H,20,26). The van der Waals surface area contributed by atoms with Crippen LogP contribution in [0.1, 0.15) is 16.2 Å². The minimum Gasteiger partial charge on any atom is -0.328 e. The topological polar surface area (TPSA) is 133 Å². The number of nitrogens with one attached hydrogen (secondary N) is 1. The summed E-state index contributed by atoms with van der Waals surface area (Å²) >= 11 is 0. The van der Waals surface area contributed by atoms with Gasteiger partial charge in [0, 0.05) is 11.9 Å². The molecule has 0 spiro atoms. The molecule has 0 atom stereocenters. The Balaban J connectivity index is 1.49. The van der Waals surface area contributed by atoms with Gasteiger partial charge in [-0.25, -0.2) is 13.1 Å². The second-order valence-electron chi connectivity index (χ2n) is 6.56. The highest BCUT2D eigenvalue weighted by Crippen LogP contribution is 2.17. The Labute approximate surface area is 171 Å². The van der Waals surface area contributed by atoms with Gasteiger partial charge in [-0.1, -0.05) is 28.1 Å². The molecule has 4 aromatic rings. The van der Waals surface area contributed by atoms with Gasteiger partial charge in [0.1, 0.15) is 0 Å². The third-order valence-electron chi connectivity index (χ3n) is 4.18. The van der Waals surface area contributed by atoms with E-state index in [0.29, 0.717) is 11.4 Å². The molecule has 0 aliphatic rings. The molecule has 0 unspecified atom stereocenters. The minimum atomic E-state index is -3.32. The Bertz CT molecular complexity index is 1310. The molecule has 2 aromatic heterocycles. The van der Waals surface area contributed by atoms with Crippen LogP contribution in [0.25, 0.3) is 17.2 Å². The molecular formula is C19H16N6O4S. The molecule has 0 saturated heterocycles. The van der Waals surface area contributed by atoms with E-state index in [4.69, 9.17) is 4.52 Å². The van der Waals surface area contributed by atoms with Gasteiger partial charge in [0.15, 0.2) is 15.5 Å². The normalized spacial score (nSPS) is 11.4. The molecule has 4 rings (SSSR count). The molecule has 0 aliphatic carbocycles. The van der Waals surface area contributed by atoms with E-state index in [1.807, 2.05) is 31.2 Å². The quantitative estimate of drug-likeness (QED) is 0.516. The van der Waals surface area contributed by atoms with Gasteiger partial charge >= 0.3 is 11.8 Å². The third-order valence-corrected chi connectivity index (χ3v) is 5.31. The second kappa shape index (κ2) is 7.52. The number of benzene rings is 2. The monoisotopic (exact) mass is 424 g/mol. The Kier molecular flexibility index (Phi) is 4.88. The zero-order chi connectivity index (χ0) is 21.3. The summed E-state index contributed by atoms with van der Waals surface area (Å²) < 4.78 is 29.6. The van der Waals surface area contributed by atoms with Gasteiger partial charge in [-0.3, -0.25) is 4.79 Å². The van der Waals surface area contributed by atoms with Crippen molar-refractivity contribution in [2.75, 3.05) is 11.6 Å². The van der Waals surface area contributed by atoms with Crippen molar-refractivity contribution in [3.63, 3.8) is 0 Å². The fourth-order valence-electron chi connectivity index (χ4n) is 2.58. The zero-order valence-corrected chi connectivity index (χ0v) is 16.8. The molecule has 1 amide bonds. The summed E-state index contributed by atoms with van der Waals surface area (Å²) in [5, 5.41) is 14.4. The van der Waals surface area contributed by atoms with E-state index < -0.39 is 15.7 Å². The van der Waals surface area contributed by atoms with Crippen LogP contribution in [0.3, 0.4) is 0 Å². The highest BCUT2D eigenvalue weighted by Gasteiger charge is 2.19. The van der Waals surface area contributed by atoms with Crippen molar-refractivity contribution in [1.29, 1.82) is 0 Å². The minimum absolute atomic E-state index is 0.117. The molecule has 2 heterocycles. The summed E-state index contributed by atoms with van der Waals surface area (Å²) in [5.74, 6) is -0.778. The summed E-state index contributed by atoms with van der Waals surface area (Å²) in [4.78, 5) is 16.5. The third kappa shape index (κ3) is 4.10. The number of carbonyl (C=O) groups excluding carboxylic acids is 1. The van der Waals surface area contributed by atoms with Crippen LogP contribution in [0.5, 0.6) is 0 Å². The molecular weight excluding hydrogens is 408 g/mol. The van der Waals surface area contributed by atoms with Gasteiger partial charge in [0.2, 0.25) is 5.82 Å². The average Bonchev–Trinajstić information content (AvgIpc) is 3.38. The van der Waals surface area contributed by atoms with E-state index in [2.05, 4.69) is 25.8 Å². The van der Waals surface area contributed by atoms with Crippen LogP contribution >= 0.6 is 0 Å². The van der Waals surface area contributed by atoms with Gasteiger partial charge in [0.05, 0.1) is 16.8 Å². The maximum Gasteiger partial charge on any atom is 0.316 e. The lowest BCUT2D eigenvalue weighted by Crippen LogP contribution is -2.12. The Morgan fingerprint density at radius 2 is 1.77 bits per heavy atom. The van der Waals surface area contributed by atoms with Crippen LogP contribution in [0.2, 0.25) is 0 Å². The highest BCUT2D eigenvalue weighted by molar-refractivity contribution is 7.90. The van der Waals surface area contributed by atoms with Crippen molar-refractivity contribution < 1.29 is 17.7 Å². The summed E-state index contributed by atoms with van der Waals surface area (Å²) in [6, 6.07) is 13.4. The summed E-state index contributed by atoms with van der Waals surface area (Å²) in [5.41, 5.74) is 2.67. The predicted octanol–water partition coefficient (Wildman–Crippen LogP) is 2.28. The van der Waals surface area contributed by atoms with Gasteiger partial charge in [0.25, 0.3) is 0 Å². The SMILES string of the molecule is Cc1ccc(-n2cc(-c3noc(C(=O)Nc4ccc(S(C)(=O)=O)cc4)n3)nn2)cc1. The first-order chi connectivity index (χ1) is 14.3. The van der Waals surface area contributed by atoms with Crippen LogP contribution in [-0.2, 0) is 9.84 Å². The molecule has 10 nitrogen and oxygen atoms in total. The second-order valence-corrected chi connectivity index (χ2v) is 8.57. The fraction of sp³-hybridized carbons (Fsp3) is 0.105. The molecule has 2 aromatic carbocycles. The first-order valence-corrected chi connectivity index (χ1v) is 10.6. The Morgan fingerprint density at radius 1 is 1.07 bits per heavy atom. The fourth-order valence-corrected chi connectivity index (χ4v) is 3.21. The number of nitrogens with zero attached hydrogens (tertiary/aromatic N) is 5. The van der Waals surface area contributed by atoms with Gasteiger partial charge in [-0.2, -0.15) is 4.98 Å². The first kappa shape index (κ1) is 19.5. The number of anilines is 1. The van der Waals surface area contributed by atoms with Crippen LogP contribution in [0.4, 0.5) is 5.69 Å². The number of carbonyl (C=O) groups is 1. The predicted molar refractivity (Wildman–Crippen MR) is 107 cm³/mol. The maximum atomic E-state index is 12.3. The number of sulfone groups is 1. The Morgan fingerprint density at radius 3 is 2.43 bits per heavy atom. The zero-order valence-electron chi connectivity index (χ0n) is 16.0. The smallest absolute Gasteiger partial charge is 0.316 e. The lowest BCUT2D eigenvalue weighted by atomic mass is 10.2. The molecule has 152 valence electrons. The summed E-state index contributed by atoms with van der Waals surface area (Å²) in [6.45, 7) is 1.99. The first-order valence-electron chi connectivity index (χ1n) is 8.74. The van der Waals surface area contributed by atoms with Crippen molar-refractivity contribution in [1.82, 2.24) is 25.1 Å². The number of rotatable bonds is 5. The van der Waals surface area contributed by atoms with Crippen LogP contribution in [0, 0.1) is 6.92 Å². The van der Waals surface area contributed by atoms with Gasteiger partial charge in [-0.15, -0.1) is 5.10 Å². The van der Waals surface area contributed by atoms with Crippen LogP contribution in [-0.4, -0.2) is 45.7 Å². The average molecular weight is 424 g/mol. The van der Waals surface area contributed by atoms with Crippen LogP contribution in [0.15, 0.2) is 64.1 Å². The number of aryl methyl sites for hydroxylation is 1. The van der Waals surface area contributed by atoms with Crippen molar-refractivity contribution in [2.45, 2.75) is 11.8 Å².